The van der Waals surface area contributed by atoms with Crippen LogP contribution in [0.5, 0.6) is 5.75 Å². The molecule has 0 fully saturated rings. The number of carbonyl (C=O) groups excluding carboxylic acids is 2. The minimum Gasteiger partial charge on any atom is -0.491 e. The van der Waals surface area contributed by atoms with Crippen LogP contribution in [0.25, 0.3) is 0 Å². The Bertz CT molecular complexity index is 853. The van der Waals surface area contributed by atoms with Crippen molar-refractivity contribution in [3.8, 4) is 5.75 Å². The van der Waals surface area contributed by atoms with Crippen molar-refractivity contribution in [2.24, 2.45) is 0 Å². The fraction of sp³-hybridized carbons (Fsp3) is 0.789. The Morgan fingerprint density at radius 1 is 0.500 bits per heavy atom. The molecule has 0 bridgehead atoms. The van der Waals surface area contributed by atoms with E-state index in [0.29, 0.717) is 79.1 Å². The minimum absolute atomic E-state index is 0.106. The zero-order valence-corrected chi connectivity index (χ0v) is 30.3. The van der Waals surface area contributed by atoms with Gasteiger partial charge in [-0.1, -0.05) is 96.8 Å². The quantitative estimate of drug-likeness (QED) is 0.0558. The minimum atomic E-state index is -0.132. The molecule has 1 amide bonds. The van der Waals surface area contributed by atoms with Gasteiger partial charge in [0, 0.05) is 19.0 Å². The molecule has 0 saturated carbocycles. The van der Waals surface area contributed by atoms with Crippen LogP contribution in [0.3, 0.4) is 0 Å². The molecule has 10 nitrogen and oxygen atoms in total. The monoisotopic (exact) mass is 681 g/mol. The number of amides is 1. The second-order valence-corrected chi connectivity index (χ2v) is 12.0. The maximum atomic E-state index is 11.9. The molecule has 0 saturated heterocycles. The van der Waals surface area contributed by atoms with Gasteiger partial charge in [0.05, 0.1) is 66.1 Å². The Morgan fingerprint density at radius 2 is 0.875 bits per heavy atom. The summed E-state index contributed by atoms with van der Waals surface area (Å²) in [5.74, 6) is 0.480. The molecule has 0 heterocycles. The molecule has 0 atom stereocenters. The summed E-state index contributed by atoms with van der Waals surface area (Å²) in [6.07, 6.45) is 20.2. The van der Waals surface area contributed by atoms with Crippen LogP contribution in [-0.2, 0) is 38.0 Å². The first-order valence-electron chi connectivity index (χ1n) is 18.7. The highest BCUT2D eigenvalue weighted by Gasteiger charge is 2.03. The number of ether oxygens (including phenoxy) is 7. The maximum Gasteiger partial charge on any atom is 0.305 e. The molecule has 1 rings (SSSR count). The number of benzene rings is 1. The number of hydrogen-bond acceptors (Lipinski definition) is 9. The average molecular weight is 682 g/mol. The largest absolute Gasteiger partial charge is 0.491 e. The number of anilines is 1. The molecule has 0 unspecified atom stereocenters. The zero-order chi connectivity index (χ0) is 34.6. The van der Waals surface area contributed by atoms with Crippen LogP contribution in [0.15, 0.2) is 24.3 Å². The van der Waals surface area contributed by atoms with Gasteiger partial charge >= 0.3 is 5.97 Å². The Morgan fingerprint density at radius 3 is 1.29 bits per heavy atom. The van der Waals surface area contributed by atoms with Crippen LogP contribution in [0.2, 0.25) is 0 Å². The number of carbonyl (C=O) groups is 2. The van der Waals surface area contributed by atoms with Crippen molar-refractivity contribution < 1.29 is 42.7 Å². The molecule has 1 aromatic rings. The fourth-order valence-corrected chi connectivity index (χ4v) is 4.97. The third kappa shape index (κ3) is 31.1. The second-order valence-electron chi connectivity index (χ2n) is 12.0. The molecule has 278 valence electrons. The van der Waals surface area contributed by atoms with Crippen molar-refractivity contribution in [1.82, 2.24) is 0 Å². The molecule has 0 aliphatic carbocycles. The Kier molecular flexibility index (Phi) is 31.6. The van der Waals surface area contributed by atoms with E-state index in [2.05, 4.69) is 12.2 Å². The molecule has 48 heavy (non-hydrogen) atoms. The van der Waals surface area contributed by atoms with Crippen LogP contribution in [0, 0.1) is 0 Å². The van der Waals surface area contributed by atoms with Gasteiger partial charge in [-0.3, -0.25) is 9.59 Å². The number of rotatable bonds is 36. The van der Waals surface area contributed by atoms with Gasteiger partial charge in [0.15, 0.2) is 0 Å². The Hall–Kier alpha value is -2.24. The van der Waals surface area contributed by atoms with E-state index in [1.807, 2.05) is 0 Å². The Labute approximate surface area is 291 Å². The van der Waals surface area contributed by atoms with Crippen LogP contribution < -0.4 is 10.1 Å². The topological polar surface area (TPSA) is 111 Å². The summed E-state index contributed by atoms with van der Waals surface area (Å²) in [5, 5.41) is 2.71. The van der Waals surface area contributed by atoms with E-state index in [0.717, 1.165) is 24.3 Å². The molecule has 0 spiro atoms. The lowest BCUT2D eigenvalue weighted by Gasteiger charge is -2.09. The fourth-order valence-electron chi connectivity index (χ4n) is 4.97. The van der Waals surface area contributed by atoms with E-state index in [1.165, 1.54) is 90.4 Å². The second kappa shape index (κ2) is 34.6. The van der Waals surface area contributed by atoms with Gasteiger partial charge in [0.25, 0.3) is 0 Å². The summed E-state index contributed by atoms with van der Waals surface area (Å²) >= 11 is 0. The molecule has 0 aromatic heterocycles. The Balaban J connectivity index is 1.70. The summed E-state index contributed by atoms with van der Waals surface area (Å²) in [6.45, 7) is 9.13. The van der Waals surface area contributed by atoms with Gasteiger partial charge in [-0.15, -0.1) is 0 Å². The van der Waals surface area contributed by atoms with E-state index in [-0.39, 0.29) is 18.5 Å². The summed E-state index contributed by atoms with van der Waals surface area (Å²) in [6, 6.07) is 7.19. The van der Waals surface area contributed by atoms with Gasteiger partial charge < -0.3 is 38.5 Å². The van der Waals surface area contributed by atoms with Gasteiger partial charge in [0.2, 0.25) is 5.91 Å². The summed E-state index contributed by atoms with van der Waals surface area (Å²) in [5.41, 5.74) is 0.733. The third-order valence-corrected chi connectivity index (χ3v) is 7.63. The molecule has 0 radical (unpaired) electrons. The van der Waals surface area contributed by atoms with Gasteiger partial charge in [-0.05, 0) is 30.7 Å². The van der Waals surface area contributed by atoms with Crippen LogP contribution >= 0.6 is 0 Å². The highest BCUT2D eigenvalue weighted by molar-refractivity contribution is 5.88. The van der Waals surface area contributed by atoms with E-state index >= 15 is 0 Å². The van der Waals surface area contributed by atoms with Crippen molar-refractivity contribution in [1.29, 1.82) is 0 Å². The summed E-state index contributed by atoms with van der Waals surface area (Å²) in [4.78, 5) is 22.9. The molecule has 1 N–H and O–H groups in total. The highest BCUT2D eigenvalue weighted by Crippen LogP contribution is 2.16. The van der Waals surface area contributed by atoms with Gasteiger partial charge in [-0.25, -0.2) is 0 Å². The van der Waals surface area contributed by atoms with Crippen LogP contribution in [-0.4, -0.2) is 91.2 Å². The first kappa shape index (κ1) is 43.8. The lowest BCUT2D eigenvalue weighted by molar-refractivity contribution is -0.145. The standard InChI is InChI=1S/C38H67NO9/c1-3-4-5-6-7-8-9-10-11-12-13-14-15-16-17-18-38(41)48-34-32-46-30-28-44-26-24-42-23-25-43-27-29-45-31-33-47-37-21-19-36(20-22-37)39-35(2)40/h19-22H,3-18,23-34H2,1-2H3,(H,39,40). The van der Waals surface area contributed by atoms with E-state index < -0.39 is 0 Å². The highest BCUT2D eigenvalue weighted by atomic mass is 16.6. The van der Waals surface area contributed by atoms with Gasteiger partial charge in [-0.2, -0.15) is 0 Å². The predicted molar refractivity (Wildman–Crippen MR) is 191 cm³/mol. The number of unbranched alkanes of at least 4 members (excludes halogenated alkanes) is 14. The van der Waals surface area contributed by atoms with Crippen molar-refractivity contribution in [3.63, 3.8) is 0 Å². The normalized spacial score (nSPS) is 11.1. The number of hydrogen-bond donors (Lipinski definition) is 1. The third-order valence-electron chi connectivity index (χ3n) is 7.63. The maximum absolute atomic E-state index is 11.9. The molecule has 0 aliphatic heterocycles. The first-order chi connectivity index (χ1) is 23.6. The van der Waals surface area contributed by atoms with E-state index in [4.69, 9.17) is 33.2 Å². The molecular weight excluding hydrogens is 614 g/mol. The molecular formula is C38H67NO9. The lowest BCUT2D eigenvalue weighted by atomic mass is 10.0. The van der Waals surface area contributed by atoms with E-state index in [9.17, 15) is 9.59 Å². The smallest absolute Gasteiger partial charge is 0.305 e. The average Bonchev–Trinajstić information content (AvgIpc) is 3.08. The lowest BCUT2D eigenvalue weighted by Crippen LogP contribution is -2.15. The zero-order valence-electron chi connectivity index (χ0n) is 30.3. The van der Waals surface area contributed by atoms with Crippen LogP contribution in [0.1, 0.15) is 117 Å². The first-order valence-corrected chi connectivity index (χ1v) is 18.7. The SMILES string of the molecule is CCCCCCCCCCCCCCCCCC(=O)OCCOCCOCCOCCOCCOCCOc1ccc(NC(C)=O)cc1. The molecule has 1 aromatic carbocycles. The number of esters is 1. The van der Waals surface area contributed by atoms with Crippen molar-refractivity contribution in [2.45, 2.75) is 117 Å². The van der Waals surface area contributed by atoms with Crippen molar-refractivity contribution in [2.75, 3.05) is 84.6 Å². The van der Waals surface area contributed by atoms with Gasteiger partial charge in [0.1, 0.15) is 19.0 Å². The molecule has 10 heteroatoms. The van der Waals surface area contributed by atoms with E-state index in [1.54, 1.807) is 24.3 Å². The van der Waals surface area contributed by atoms with Crippen LogP contribution in [0.4, 0.5) is 5.69 Å². The predicted octanol–water partition coefficient (Wildman–Crippen LogP) is 7.91. The van der Waals surface area contributed by atoms with Crippen molar-refractivity contribution in [3.05, 3.63) is 24.3 Å². The molecule has 0 aliphatic rings. The number of nitrogens with one attached hydrogen (secondary N) is 1. The summed E-state index contributed by atoms with van der Waals surface area (Å²) in [7, 11) is 0. The summed E-state index contributed by atoms with van der Waals surface area (Å²) < 4.78 is 38.3. The van der Waals surface area contributed by atoms with Crippen molar-refractivity contribution >= 4 is 17.6 Å².